The van der Waals surface area contributed by atoms with Gasteiger partial charge in [-0.3, -0.25) is 9.69 Å². The second-order valence-electron chi connectivity index (χ2n) is 5.98. The third-order valence-corrected chi connectivity index (χ3v) is 4.27. The number of hydrogen-bond acceptors (Lipinski definition) is 6. The Balaban J connectivity index is 1.44. The molecular formula is C17H17N5O3. The molecule has 0 spiro atoms. The Morgan fingerprint density at radius 3 is 2.64 bits per heavy atom. The minimum Gasteiger partial charge on any atom is -0.442 e. The molecule has 1 aromatic carbocycles. The molecule has 0 radical (unpaired) electrons. The highest BCUT2D eigenvalue weighted by Crippen LogP contribution is 2.26. The highest BCUT2D eigenvalue weighted by molar-refractivity contribution is 5.92. The number of anilines is 2. The van der Waals surface area contributed by atoms with Crippen LogP contribution in [-0.2, 0) is 16.1 Å². The van der Waals surface area contributed by atoms with Crippen LogP contribution >= 0.6 is 0 Å². The Bertz CT molecular complexity index is 800. The minimum atomic E-state index is -0.360. The van der Waals surface area contributed by atoms with Crippen molar-refractivity contribution in [3.63, 3.8) is 0 Å². The molecule has 2 aliphatic rings. The highest BCUT2D eigenvalue weighted by Gasteiger charge is 2.32. The summed E-state index contributed by atoms with van der Waals surface area (Å²) in [6.45, 7) is 1.61. The highest BCUT2D eigenvalue weighted by atomic mass is 16.6. The lowest BCUT2D eigenvalue weighted by atomic mass is 10.1. The zero-order chi connectivity index (χ0) is 17.2. The molecule has 0 N–H and O–H groups in total. The third-order valence-electron chi connectivity index (χ3n) is 4.27. The van der Waals surface area contributed by atoms with Gasteiger partial charge in [0.15, 0.2) is 5.78 Å². The van der Waals surface area contributed by atoms with Crippen LogP contribution in [0.25, 0.3) is 0 Å². The van der Waals surface area contributed by atoms with E-state index in [1.807, 2.05) is 29.2 Å². The number of cyclic esters (lactones) is 1. The average Bonchev–Trinajstić information content (AvgIpc) is 3.26. The summed E-state index contributed by atoms with van der Waals surface area (Å²) in [6, 6.07) is 7.65. The summed E-state index contributed by atoms with van der Waals surface area (Å²) in [5, 5.41) is 7.64. The molecule has 128 valence electrons. The SMILES string of the molecule is O=C1C=CN(c2ccc(N3C[C@H](Cn4ccnn4)OC3=O)cc2)CC1. The molecule has 3 heterocycles. The van der Waals surface area contributed by atoms with Crippen LogP contribution in [0, 0.1) is 0 Å². The van der Waals surface area contributed by atoms with Gasteiger partial charge >= 0.3 is 6.09 Å². The van der Waals surface area contributed by atoms with Gasteiger partial charge in [0.05, 0.1) is 19.3 Å². The maximum Gasteiger partial charge on any atom is 0.414 e. The second kappa shape index (κ2) is 6.39. The van der Waals surface area contributed by atoms with E-state index in [9.17, 15) is 9.59 Å². The molecule has 8 heteroatoms. The first-order valence-corrected chi connectivity index (χ1v) is 8.09. The van der Waals surface area contributed by atoms with E-state index in [-0.39, 0.29) is 18.0 Å². The van der Waals surface area contributed by atoms with Crippen molar-refractivity contribution in [2.45, 2.75) is 19.1 Å². The maximum absolute atomic E-state index is 12.1. The maximum atomic E-state index is 12.1. The molecule has 25 heavy (non-hydrogen) atoms. The van der Waals surface area contributed by atoms with Crippen molar-refractivity contribution in [3.05, 3.63) is 48.9 Å². The molecular weight excluding hydrogens is 322 g/mol. The lowest BCUT2D eigenvalue weighted by Gasteiger charge is -2.23. The van der Waals surface area contributed by atoms with E-state index in [0.717, 1.165) is 11.4 Å². The van der Waals surface area contributed by atoms with Gasteiger partial charge in [0.25, 0.3) is 0 Å². The van der Waals surface area contributed by atoms with Gasteiger partial charge in [-0.2, -0.15) is 0 Å². The Hall–Kier alpha value is -3.16. The first-order chi connectivity index (χ1) is 12.2. The summed E-state index contributed by atoms with van der Waals surface area (Å²) in [5.41, 5.74) is 1.77. The number of nitrogens with zero attached hydrogens (tertiary/aromatic N) is 5. The van der Waals surface area contributed by atoms with E-state index in [4.69, 9.17) is 4.74 Å². The molecule has 1 saturated heterocycles. The van der Waals surface area contributed by atoms with Crippen molar-refractivity contribution < 1.29 is 14.3 Å². The number of rotatable bonds is 4. The van der Waals surface area contributed by atoms with E-state index in [0.29, 0.717) is 26.1 Å². The summed E-state index contributed by atoms with van der Waals surface area (Å²) < 4.78 is 7.05. The fourth-order valence-electron chi connectivity index (χ4n) is 2.97. The largest absolute Gasteiger partial charge is 0.442 e. The van der Waals surface area contributed by atoms with E-state index in [1.54, 1.807) is 34.3 Å². The monoisotopic (exact) mass is 339 g/mol. The number of carbonyl (C=O) groups is 2. The Morgan fingerprint density at radius 2 is 1.96 bits per heavy atom. The van der Waals surface area contributed by atoms with E-state index < -0.39 is 0 Å². The normalized spacial score (nSPS) is 20.2. The molecule has 1 amide bonds. The van der Waals surface area contributed by atoms with Crippen LogP contribution in [0.5, 0.6) is 0 Å². The Kier molecular flexibility index (Phi) is 3.93. The van der Waals surface area contributed by atoms with Gasteiger partial charge in [-0.1, -0.05) is 5.21 Å². The summed E-state index contributed by atoms with van der Waals surface area (Å²) in [4.78, 5) is 27.0. The van der Waals surface area contributed by atoms with Crippen molar-refractivity contribution in [1.82, 2.24) is 15.0 Å². The predicted molar refractivity (Wildman–Crippen MR) is 90.2 cm³/mol. The summed E-state index contributed by atoms with van der Waals surface area (Å²) in [5.74, 6) is 0.145. The summed E-state index contributed by atoms with van der Waals surface area (Å²) in [6.07, 6.45) is 6.60. The summed E-state index contributed by atoms with van der Waals surface area (Å²) in [7, 11) is 0. The van der Waals surface area contributed by atoms with Gasteiger partial charge in [0.2, 0.25) is 0 Å². The molecule has 0 unspecified atom stereocenters. The zero-order valence-electron chi connectivity index (χ0n) is 13.5. The quantitative estimate of drug-likeness (QED) is 0.842. The molecule has 8 nitrogen and oxygen atoms in total. The van der Waals surface area contributed by atoms with Crippen LogP contribution in [0.15, 0.2) is 48.9 Å². The molecule has 1 aromatic heterocycles. The third kappa shape index (κ3) is 3.23. The number of benzene rings is 1. The molecule has 0 aliphatic carbocycles. The topological polar surface area (TPSA) is 80.6 Å². The van der Waals surface area contributed by atoms with Crippen LogP contribution in [0.4, 0.5) is 16.2 Å². The molecule has 1 fully saturated rings. The predicted octanol–water partition coefficient (Wildman–Crippen LogP) is 1.60. The molecule has 2 aromatic rings. The molecule has 0 bridgehead atoms. The second-order valence-corrected chi connectivity index (χ2v) is 5.98. The van der Waals surface area contributed by atoms with E-state index in [2.05, 4.69) is 10.3 Å². The van der Waals surface area contributed by atoms with Crippen molar-refractivity contribution in [2.75, 3.05) is 22.9 Å². The number of hydrogen-bond donors (Lipinski definition) is 0. The van der Waals surface area contributed by atoms with Gasteiger partial charge in [-0.15, -0.1) is 5.10 Å². The van der Waals surface area contributed by atoms with Crippen LogP contribution in [0.3, 0.4) is 0 Å². The number of carbonyl (C=O) groups excluding carboxylic acids is 2. The van der Waals surface area contributed by atoms with Gasteiger partial charge in [0, 0.05) is 36.7 Å². The molecule has 4 rings (SSSR count). The van der Waals surface area contributed by atoms with Crippen molar-refractivity contribution in [3.8, 4) is 0 Å². The molecule has 2 aliphatic heterocycles. The number of ketones is 1. The lowest BCUT2D eigenvalue weighted by molar-refractivity contribution is -0.114. The van der Waals surface area contributed by atoms with Gasteiger partial charge in [0.1, 0.15) is 6.10 Å². The van der Waals surface area contributed by atoms with E-state index in [1.165, 1.54) is 0 Å². The Morgan fingerprint density at radius 1 is 1.16 bits per heavy atom. The number of aromatic nitrogens is 3. The number of ether oxygens (including phenoxy) is 1. The zero-order valence-corrected chi connectivity index (χ0v) is 13.5. The smallest absolute Gasteiger partial charge is 0.414 e. The van der Waals surface area contributed by atoms with Crippen LogP contribution in [-0.4, -0.2) is 46.1 Å². The summed E-state index contributed by atoms with van der Waals surface area (Å²) >= 11 is 0. The fourth-order valence-corrected chi connectivity index (χ4v) is 2.97. The van der Waals surface area contributed by atoms with Crippen molar-refractivity contribution in [1.29, 1.82) is 0 Å². The minimum absolute atomic E-state index is 0.145. The number of amides is 1. The first-order valence-electron chi connectivity index (χ1n) is 8.09. The Labute approximate surface area is 144 Å². The van der Waals surface area contributed by atoms with Crippen LogP contribution in [0.1, 0.15) is 6.42 Å². The van der Waals surface area contributed by atoms with Crippen LogP contribution in [0.2, 0.25) is 0 Å². The lowest BCUT2D eigenvalue weighted by Crippen LogP contribution is -2.26. The molecule has 0 saturated carbocycles. The first kappa shape index (κ1) is 15.4. The fraction of sp³-hybridized carbons (Fsp3) is 0.294. The number of allylic oxidation sites excluding steroid dienone is 1. The standard InChI is InChI=1S/C17H17N5O3/c23-15-5-8-20(9-6-15)13-1-3-14(4-2-13)22-12-16(25-17(22)24)11-21-10-7-18-19-21/h1-5,7-8,10,16H,6,9,11-12H2/t16-/m0/s1. The van der Waals surface area contributed by atoms with Crippen molar-refractivity contribution >= 4 is 23.3 Å². The van der Waals surface area contributed by atoms with Crippen molar-refractivity contribution in [2.24, 2.45) is 0 Å². The molecule has 1 atom stereocenters. The van der Waals surface area contributed by atoms with E-state index >= 15 is 0 Å². The van der Waals surface area contributed by atoms with Gasteiger partial charge in [-0.05, 0) is 30.3 Å². The average molecular weight is 339 g/mol. The van der Waals surface area contributed by atoms with Crippen LogP contribution < -0.4 is 9.80 Å². The van der Waals surface area contributed by atoms with Gasteiger partial charge < -0.3 is 9.64 Å². The van der Waals surface area contributed by atoms with Gasteiger partial charge in [-0.25, -0.2) is 9.48 Å².